The van der Waals surface area contributed by atoms with Gasteiger partial charge in [-0.3, -0.25) is 4.79 Å². The number of rotatable bonds is 6. The van der Waals surface area contributed by atoms with Crippen molar-refractivity contribution in [3.8, 4) is 11.1 Å². The normalized spacial score (nSPS) is 17.4. The number of nitrogens with one attached hydrogen (secondary N) is 1. The van der Waals surface area contributed by atoms with Gasteiger partial charge >= 0.3 is 0 Å². The molecule has 1 amide bonds. The number of hydrogen-bond acceptors (Lipinski definition) is 2. The van der Waals surface area contributed by atoms with Crippen LogP contribution in [0.4, 0.5) is 0 Å². The van der Waals surface area contributed by atoms with Crippen LogP contribution in [-0.4, -0.2) is 25.7 Å². The quantitative estimate of drug-likeness (QED) is 0.877. The molecule has 0 spiro atoms. The van der Waals surface area contributed by atoms with E-state index < -0.39 is 0 Å². The first-order chi connectivity index (χ1) is 11.8. The van der Waals surface area contributed by atoms with Gasteiger partial charge in [0.15, 0.2) is 0 Å². The van der Waals surface area contributed by atoms with Gasteiger partial charge in [-0.25, -0.2) is 0 Å². The van der Waals surface area contributed by atoms with Crippen LogP contribution in [0.2, 0.25) is 0 Å². The minimum Gasteiger partial charge on any atom is -0.381 e. The third kappa shape index (κ3) is 4.93. The topological polar surface area (TPSA) is 38.3 Å². The summed E-state index contributed by atoms with van der Waals surface area (Å²) in [5.74, 6) is 0.612. The molecule has 0 saturated carbocycles. The van der Waals surface area contributed by atoms with Gasteiger partial charge in [0.1, 0.15) is 0 Å². The highest BCUT2D eigenvalue weighted by Gasteiger charge is 2.14. The van der Waals surface area contributed by atoms with E-state index in [0.717, 1.165) is 39.0 Å². The summed E-state index contributed by atoms with van der Waals surface area (Å²) in [5.41, 5.74) is 3.63. The number of aryl methyl sites for hydroxylation is 1. The molecule has 1 heterocycles. The zero-order chi connectivity index (χ0) is 16.6. The molecule has 1 atom stereocenters. The fraction of sp³-hybridized carbons (Fsp3) is 0.381. The molecule has 0 radical (unpaired) electrons. The molecular weight excluding hydrogens is 298 g/mol. The van der Waals surface area contributed by atoms with Crippen LogP contribution in [-0.2, 0) is 16.0 Å². The van der Waals surface area contributed by atoms with Crippen molar-refractivity contribution in [1.29, 1.82) is 0 Å². The van der Waals surface area contributed by atoms with Crippen molar-refractivity contribution in [3.63, 3.8) is 0 Å². The second kappa shape index (κ2) is 8.65. The summed E-state index contributed by atoms with van der Waals surface area (Å²) in [6.07, 6.45) is 3.58. The van der Waals surface area contributed by atoms with Crippen molar-refractivity contribution in [1.82, 2.24) is 5.32 Å². The minimum absolute atomic E-state index is 0.132. The van der Waals surface area contributed by atoms with E-state index in [1.165, 1.54) is 16.7 Å². The van der Waals surface area contributed by atoms with Crippen LogP contribution in [0.3, 0.4) is 0 Å². The lowest BCUT2D eigenvalue weighted by Crippen LogP contribution is -2.33. The Bertz CT molecular complexity index is 631. The monoisotopic (exact) mass is 323 g/mol. The molecule has 126 valence electrons. The van der Waals surface area contributed by atoms with Gasteiger partial charge in [-0.05, 0) is 41.9 Å². The number of carbonyl (C=O) groups is 1. The van der Waals surface area contributed by atoms with Crippen LogP contribution in [0, 0.1) is 5.92 Å². The van der Waals surface area contributed by atoms with Crippen LogP contribution in [0.15, 0.2) is 54.6 Å². The van der Waals surface area contributed by atoms with Crippen LogP contribution in [0.25, 0.3) is 11.1 Å². The lowest BCUT2D eigenvalue weighted by atomic mass is 10.0. The van der Waals surface area contributed by atoms with Gasteiger partial charge in [0.25, 0.3) is 0 Å². The standard InChI is InChI=1S/C21H25NO2/c23-21(22-15-18-5-4-14-24-16-18)13-10-17-8-11-20(12-9-17)19-6-2-1-3-7-19/h1-3,6-9,11-12,18H,4-5,10,13-16H2,(H,22,23). The number of hydrogen-bond donors (Lipinski definition) is 1. The Morgan fingerprint density at radius 2 is 1.79 bits per heavy atom. The van der Waals surface area contributed by atoms with Crippen molar-refractivity contribution in [2.45, 2.75) is 25.7 Å². The number of benzene rings is 2. The van der Waals surface area contributed by atoms with Crippen molar-refractivity contribution in [2.75, 3.05) is 19.8 Å². The molecule has 1 fully saturated rings. The SMILES string of the molecule is O=C(CCc1ccc(-c2ccccc2)cc1)NCC1CCCOC1. The Labute approximate surface area is 144 Å². The summed E-state index contributed by atoms with van der Waals surface area (Å²) in [5, 5.41) is 3.04. The van der Waals surface area contributed by atoms with Crippen molar-refractivity contribution < 1.29 is 9.53 Å². The van der Waals surface area contributed by atoms with Gasteiger partial charge in [-0.1, -0.05) is 54.6 Å². The second-order valence-electron chi connectivity index (χ2n) is 6.45. The van der Waals surface area contributed by atoms with E-state index in [0.29, 0.717) is 12.3 Å². The molecule has 2 aromatic rings. The molecule has 0 bridgehead atoms. The maximum atomic E-state index is 12.0. The first kappa shape index (κ1) is 16.7. The van der Waals surface area contributed by atoms with Crippen molar-refractivity contribution in [2.24, 2.45) is 5.92 Å². The Balaban J connectivity index is 1.43. The molecule has 3 rings (SSSR count). The first-order valence-corrected chi connectivity index (χ1v) is 8.80. The van der Waals surface area contributed by atoms with Crippen LogP contribution >= 0.6 is 0 Å². The second-order valence-corrected chi connectivity index (χ2v) is 6.45. The van der Waals surface area contributed by atoms with E-state index in [9.17, 15) is 4.79 Å². The molecule has 1 unspecified atom stereocenters. The van der Waals surface area contributed by atoms with Gasteiger partial charge in [0, 0.05) is 19.6 Å². The summed E-state index contributed by atoms with van der Waals surface area (Å²) in [6.45, 7) is 2.39. The zero-order valence-corrected chi connectivity index (χ0v) is 14.0. The van der Waals surface area contributed by atoms with Crippen LogP contribution < -0.4 is 5.32 Å². The van der Waals surface area contributed by atoms with Gasteiger partial charge < -0.3 is 10.1 Å². The Kier molecular flexibility index (Phi) is 6.02. The maximum Gasteiger partial charge on any atom is 0.220 e. The molecule has 3 heteroatoms. The maximum absolute atomic E-state index is 12.0. The van der Waals surface area contributed by atoms with Crippen molar-refractivity contribution in [3.05, 3.63) is 60.2 Å². The number of amides is 1. The predicted octanol–water partition coefficient (Wildman–Crippen LogP) is 3.83. The molecule has 3 nitrogen and oxygen atoms in total. The summed E-state index contributed by atoms with van der Waals surface area (Å²) < 4.78 is 5.44. The summed E-state index contributed by atoms with van der Waals surface area (Å²) >= 11 is 0. The largest absolute Gasteiger partial charge is 0.381 e. The Hall–Kier alpha value is -2.13. The number of carbonyl (C=O) groups excluding carboxylic acids is 1. The molecule has 2 aromatic carbocycles. The Morgan fingerprint density at radius 3 is 2.50 bits per heavy atom. The van der Waals surface area contributed by atoms with E-state index in [1.807, 2.05) is 18.2 Å². The van der Waals surface area contributed by atoms with E-state index >= 15 is 0 Å². The predicted molar refractivity (Wildman–Crippen MR) is 96.8 cm³/mol. The molecular formula is C21H25NO2. The fourth-order valence-electron chi connectivity index (χ4n) is 3.07. The summed E-state index contributed by atoms with van der Waals surface area (Å²) in [7, 11) is 0. The molecule has 24 heavy (non-hydrogen) atoms. The van der Waals surface area contributed by atoms with Gasteiger partial charge in [-0.2, -0.15) is 0 Å². The highest BCUT2D eigenvalue weighted by Crippen LogP contribution is 2.19. The van der Waals surface area contributed by atoms with Gasteiger partial charge in [-0.15, -0.1) is 0 Å². The number of ether oxygens (including phenoxy) is 1. The summed E-state index contributed by atoms with van der Waals surface area (Å²) in [4.78, 5) is 12.0. The van der Waals surface area contributed by atoms with Crippen LogP contribution in [0.5, 0.6) is 0 Å². The van der Waals surface area contributed by atoms with Gasteiger partial charge in [0.2, 0.25) is 5.91 Å². The van der Waals surface area contributed by atoms with Crippen molar-refractivity contribution >= 4 is 5.91 Å². The van der Waals surface area contributed by atoms with E-state index in [1.54, 1.807) is 0 Å². The van der Waals surface area contributed by atoms with E-state index in [4.69, 9.17) is 4.74 Å². The van der Waals surface area contributed by atoms with E-state index in [-0.39, 0.29) is 5.91 Å². The smallest absolute Gasteiger partial charge is 0.220 e. The molecule has 1 N–H and O–H groups in total. The molecule has 1 aliphatic heterocycles. The highest BCUT2D eigenvalue weighted by molar-refractivity contribution is 5.76. The average molecular weight is 323 g/mol. The van der Waals surface area contributed by atoms with Crippen LogP contribution in [0.1, 0.15) is 24.8 Å². The summed E-state index contributed by atoms with van der Waals surface area (Å²) in [6, 6.07) is 18.8. The highest BCUT2D eigenvalue weighted by atomic mass is 16.5. The Morgan fingerprint density at radius 1 is 1.04 bits per heavy atom. The first-order valence-electron chi connectivity index (χ1n) is 8.80. The third-order valence-electron chi connectivity index (χ3n) is 4.54. The van der Waals surface area contributed by atoms with Gasteiger partial charge in [0.05, 0.1) is 6.61 Å². The minimum atomic E-state index is 0.132. The molecule has 0 aromatic heterocycles. The fourth-order valence-corrected chi connectivity index (χ4v) is 3.07. The van der Waals surface area contributed by atoms with E-state index in [2.05, 4.69) is 41.7 Å². The molecule has 0 aliphatic carbocycles. The lowest BCUT2D eigenvalue weighted by Gasteiger charge is -2.22. The third-order valence-corrected chi connectivity index (χ3v) is 4.54. The lowest BCUT2D eigenvalue weighted by molar-refractivity contribution is -0.121. The average Bonchev–Trinajstić information content (AvgIpc) is 2.67. The molecule has 1 aliphatic rings. The zero-order valence-electron chi connectivity index (χ0n) is 14.0. The molecule has 1 saturated heterocycles.